The molecule has 0 radical (unpaired) electrons. The van der Waals surface area contributed by atoms with Gasteiger partial charge in [-0.3, -0.25) is 9.59 Å². The number of carbonyl (C=O) groups excluding carboxylic acids is 2. The number of ketones is 1. The molecule has 0 saturated carbocycles. The van der Waals surface area contributed by atoms with Crippen LogP contribution in [0, 0.1) is 5.41 Å². The van der Waals surface area contributed by atoms with Gasteiger partial charge in [-0.25, -0.2) is 0 Å². The van der Waals surface area contributed by atoms with Gasteiger partial charge in [0.25, 0.3) is 0 Å². The summed E-state index contributed by atoms with van der Waals surface area (Å²) < 4.78 is 0. The Kier molecular flexibility index (Phi) is 6.95. The Morgan fingerprint density at radius 3 is 2.31 bits per heavy atom. The Labute approximate surface area is 159 Å². The molecule has 0 aromatic heterocycles. The fourth-order valence-corrected chi connectivity index (χ4v) is 3.05. The van der Waals surface area contributed by atoms with Crippen LogP contribution in [0.5, 0.6) is 0 Å². The Morgan fingerprint density at radius 2 is 1.65 bits per heavy atom. The first-order valence-corrected chi connectivity index (χ1v) is 8.94. The molecule has 0 aliphatic heterocycles. The van der Waals surface area contributed by atoms with Crippen molar-refractivity contribution >= 4 is 23.3 Å². The van der Waals surface area contributed by atoms with Crippen LogP contribution in [-0.2, 0) is 4.79 Å². The van der Waals surface area contributed by atoms with Gasteiger partial charge in [0.1, 0.15) is 0 Å². The average Bonchev–Trinajstić information content (AvgIpc) is 2.60. The fourth-order valence-electron chi connectivity index (χ4n) is 2.79. The zero-order valence-corrected chi connectivity index (χ0v) is 15.8. The second-order valence-corrected chi connectivity index (χ2v) is 7.56. The van der Waals surface area contributed by atoms with E-state index in [2.05, 4.69) is 5.32 Å². The van der Waals surface area contributed by atoms with Crippen LogP contribution >= 0.6 is 11.6 Å². The van der Waals surface area contributed by atoms with Gasteiger partial charge in [-0.2, -0.15) is 0 Å². The van der Waals surface area contributed by atoms with Crippen LogP contribution in [0.4, 0.5) is 0 Å². The smallest absolute Gasteiger partial charge is 0.220 e. The highest BCUT2D eigenvalue weighted by molar-refractivity contribution is 6.31. The minimum Gasteiger partial charge on any atom is -0.387 e. The molecule has 2 aromatic rings. The monoisotopic (exact) mass is 373 g/mol. The number of hydrogen-bond acceptors (Lipinski definition) is 3. The summed E-state index contributed by atoms with van der Waals surface area (Å²) in [4.78, 5) is 24.6. The van der Waals surface area contributed by atoms with Crippen LogP contribution in [-0.4, -0.2) is 23.3 Å². The number of benzene rings is 2. The molecule has 2 N–H and O–H groups in total. The third kappa shape index (κ3) is 5.97. The van der Waals surface area contributed by atoms with E-state index in [9.17, 15) is 14.7 Å². The molecule has 0 saturated heterocycles. The maximum absolute atomic E-state index is 12.3. The summed E-state index contributed by atoms with van der Waals surface area (Å²) in [6.45, 7) is 3.85. The number of halogens is 1. The van der Waals surface area contributed by atoms with Crippen molar-refractivity contribution in [3.63, 3.8) is 0 Å². The number of aliphatic hydroxyl groups is 1. The first kappa shape index (κ1) is 20.1. The van der Waals surface area contributed by atoms with Crippen LogP contribution in [0.2, 0.25) is 5.02 Å². The van der Waals surface area contributed by atoms with Crippen molar-refractivity contribution < 1.29 is 14.7 Å². The molecule has 1 amide bonds. The standard InChI is InChI=1S/C21H24ClNO3/c1-21(2,12-18(24)15-8-4-3-5-9-15)13-20(26)23-14-19(25)16-10-6-7-11-17(16)22/h3-11,19,25H,12-14H2,1-2H3,(H,23,26)/t19-/m0/s1. The lowest BCUT2D eigenvalue weighted by atomic mass is 9.82. The number of hydrogen-bond donors (Lipinski definition) is 2. The Balaban J connectivity index is 1.86. The molecule has 0 aliphatic rings. The van der Waals surface area contributed by atoms with Crippen LogP contribution in [0.25, 0.3) is 0 Å². The van der Waals surface area contributed by atoms with E-state index >= 15 is 0 Å². The molecule has 0 spiro atoms. The average molecular weight is 374 g/mol. The highest BCUT2D eigenvalue weighted by Crippen LogP contribution is 2.27. The highest BCUT2D eigenvalue weighted by Gasteiger charge is 2.26. The second-order valence-electron chi connectivity index (χ2n) is 7.15. The van der Waals surface area contributed by atoms with Crippen molar-refractivity contribution in [3.05, 3.63) is 70.7 Å². The van der Waals surface area contributed by atoms with E-state index in [1.54, 1.807) is 36.4 Å². The summed E-state index contributed by atoms with van der Waals surface area (Å²) in [5.74, 6) is -0.193. The summed E-state index contributed by atoms with van der Waals surface area (Å²) in [6, 6.07) is 16.0. The molecule has 1 atom stereocenters. The van der Waals surface area contributed by atoms with Gasteiger partial charge in [0.2, 0.25) is 5.91 Å². The lowest BCUT2D eigenvalue weighted by molar-refractivity contribution is -0.123. The van der Waals surface area contributed by atoms with E-state index in [0.29, 0.717) is 16.1 Å². The molecule has 138 valence electrons. The number of rotatable bonds is 8. The topological polar surface area (TPSA) is 66.4 Å². The van der Waals surface area contributed by atoms with Gasteiger partial charge < -0.3 is 10.4 Å². The van der Waals surface area contributed by atoms with Gasteiger partial charge in [0, 0.05) is 35.5 Å². The second kappa shape index (κ2) is 8.97. The zero-order valence-electron chi connectivity index (χ0n) is 15.0. The molecule has 0 unspecified atom stereocenters. The first-order valence-electron chi connectivity index (χ1n) is 8.56. The summed E-state index contributed by atoms with van der Waals surface area (Å²) in [7, 11) is 0. The largest absolute Gasteiger partial charge is 0.387 e. The Bertz CT molecular complexity index is 759. The zero-order chi connectivity index (χ0) is 19.2. The van der Waals surface area contributed by atoms with Crippen molar-refractivity contribution in [2.45, 2.75) is 32.8 Å². The maximum atomic E-state index is 12.3. The molecule has 5 heteroatoms. The number of amides is 1. The number of nitrogens with one attached hydrogen (secondary N) is 1. The van der Waals surface area contributed by atoms with E-state index in [1.807, 2.05) is 32.0 Å². The summed E-state index contributed by atoms with van der Waals surface area (Å²) in [5.41, 5.74) is 0.745. The van der Waals surface area contributed by atoms with Crippen LogP contribution in [0.1, 0.15) is 48.7 Å². The quantitative estimate of drug-likeness (QED) is 0.682. The summed E-state index contributed by atoms with van der Waals surface area (Å²) >= 11 is 6.05. The SMILES string of the molecule is CC(C)(CC(=O)NC[C@H](O)c1ccccc1Cl)CC(=O)c1ccccc1. The van der Waals surface area contributed by atoms with Gasteiger partial charge in [-0.1, -0.05) is 74.0 Å². The Hall–Kier alpha value is -2.17. The van der Waals surface area contributed by atoms with Crippen molar-refractivity contribution in [3.8, 4) is 0 Å². The van der Waals surface area contributed by atoms with Crippen molar-refractivity contribution in [1.29, 1.82) is 0 Å². The third-order valence-electron chi connectivity index (χ3n) is 4.13. The molecule has 2 rings (SSSR count). The normalized spacial score (nSPS) is 12.5. The highest BCUT2D eigenvalue weighted by atomic mass is 35.5. The van der Waals surface area contributed by atoms with E-state index in [1.165, 1.54) is 0 Å². The summed E-state index contributed by atoms with van der Waals surface area (Å²) in [5, 5.41) is 13.4. The molecule has 0 bridgehead atoms. The number of carbonyl (C=O) groups is 2. The van der Waals surface area contributed by atoms with E-state index in [-0.39, 0.29) is 31.1 Å². The number of aliphatic hydroxyl groups excluding tert-OH is 1. The Morgan fingerprint density at radius 1 is 1.04 bits per heavy atom. The van der Waals surface area contributed by atoms with Crippen molar-refractivity contribution in [2.75, 3.05) is 6.54 Å². The van der Waals surface area contributed by atoms with Gasteiger partial charge in [0.05, 0.1) is 6.10 Å². The van der Waals surface area contributed by atoms with Crippen molar-refractivity contribution in [2.24, 2.45) is 5.41 Å². The molecular weight excluding hydrogens is 350 g/mol. The minimum atomic E-state index is -0.873. The van der Waals surface area contributed by atoms with Gasteiger partial charge >= 0.3 is 0 Å². The molecule has 0 aliphatic carbocycles. The lowest BCUT2D eigenvalue weighted by Crippen LogP contribution is -2.33. The number of Topliss-reactive ketones (excluding diaryl/α,β-unsaturated/α-hetero) is 1. The van der Waals surface area contributed by atoms with E-state index < -0.39 is 11.5 Å². The van der Waals surface area contributed by atoms with Gasteiger partial charge in [-0.05, 0) is 11.5 Å². The van der Waals surface area contributed by atoms with E-state index in [0.717, 1.165) is 0 Å². The van der Waals surface area contributed by atoms with Crippen LogP contribution < -0.4 is 5.32 Å². The predicted octanol–water partition coefficient (Wildman–Crippen LogP) is 4.18. The molecule has 2 aromatic carbocycles. The summed E-state index contributed by atoms with van der Waals surface area (Å²) in [6.07, 6.45) is -0.403. The van der Waals surface area contributed by atoms with Crippen molar-refractivity contribution in [1.82, 2.24) is 5.32 Å². The molecular formula is C21H24ClNO3. The van der Waals surface area contributed by atoms with Gasteiger partial charge in [0.15, 0.2) is 5.78 Å². The van der Waals surface area contributed by atoms with Crippen LogP contribution in [0.3, 0.4) is 0 Å². The molecule has 26 heavy (non-hydrogen) atoms. The third-order valence-corrected chi connectivity index (χ3v) is 4.47. The van der Waals surface area contributed by atoms with Crippen LogP contribution in [0.15, 0.2) is 54.6 Å². The first-order chi connectivity index (χ1) is 12.3. The lowest BCUT2D eigenvalue weighted by Gasteiger charge is -2.23. The molecule has 0 fully saturated rings. The molecule has 0 heterocycles. The van der Waals surface area contributed by atoms with Gasteiger partial charge in [-0.15, -0.1) is 0 Å². The van der Waals surface area contributed by atoms with E-state index in [4.69, 9.17) is 11.6 Å². The molecule has 4 nitrogen and oxygen atoms in total. The maximum Gasteiger partial charge on any atom is 0.220 e. The fraction of sp³-hybridized carbons (Fsp3) is 0.333. The minimum absolute atomic E-state index is 0.0134. The predicted molar refractivity (Wildman–Crippen MR) is 103 cm³/mol.